The van der Waals surface area contributed by atoms with E-state index in [4.69, 9.17) is 0 Å². The highest BCUT2D eigenvalue weighted by Crippen LogP contribution is 2.39. The Bertz CT molecular complexity index is 699. The van der Waals surface area contributed by atoms with Crippen LogP contribution in [0.15, 0.2) is 34.1 Å². The van der Waals surface area contributed by atoms with E-state index in [0.717, 1.165) is 16.0 Å². The molecule has 5 heteroatoms. The molecule has 18 heavy (non-hydrogen) atoms. The highest BCUT2D eigenvalue weighted by atomic mass is 79.9. The Morgan fingerprint density at radius 3 is 2.78 bits per heavy atom. The Balaban J connectivity index is 2.21. The number of rotatable bonds is 2. The lowest BCUT2D eigenvalue weighted by molar-refractivity contribution is 1.01. The van der Waals surface area contributed by atoms with E-state index in [2.05, 4.69) is 55.8 Å². The number of benzene rings is 1. The van der Waals surface area contributed by atoms with Gasteiger partial charge < -0.3 is 4.90 Å². The molecule has 2 aromatic heterocycles. The van der Waals surface area contributed by atoms with Crippen LogP contribution in [0.1, 0.15) is 0 Å². The summed E-state index contributed by atoms with van der Waals surface area (Å²) in [4.78, 5) is 1.98. The van der Waals surface area contributed by atoms with Crippen molar-refractivity contribution in [3.63, 3.8) is 0 Å². The van der Waals surface area contributed by atoms with E-state index >= 15 is 0 Å². The first-order chi connectivity index (χ1) is 8.68. The molecule has 0 spiro atoms. The Morgan fingerprint density at radius 1 is 1.28 bits per heavy atom. The molecule has 2 heterocycles. The number of H-pyrrole nitrogens is 1. The predicted molar refractivity (Wildman–Crippen MR) is 81.4 cm³/mol. The summed E-state index contributed by atoms with van der Waals surface area (Å²) in [6, 6.07) is 8.41. The Kier molecular flexibility index (Phi) is 2.87. The summed E-state index contributed by atoms with van der Waals surface area (Å²) in [7, 11) is 3.97. The molecule has 92 valence electrons. The van der Waals surface area contributed by atoms with Crippen LogP contribution in [0.25, 0.3) is 21.3 Å². The second-order valence-corrected chi connectivity index (χ2v) is 5.98. The number of aromatic amines is 1. The van der Waals surface area contributed by atoms with Crippen LogP contribution in [0.4, 0.5) is 5.82 Å². The molecule has 1 aromatic carbocycles. The van der Waals surface area contributed by atoms with Crippen molar-refractivity contribution in [3.8, 4) is 11.3 Å². The lowest BCUT2D eigenvalue weighted by Gasteiger charge is -2.07. The van der Waals surface area contributed by atoms with Crippen molar-refractivity contribution < 1.29 is 0 Å². The molecule has 0 unspecified atom stereocenters. The molecule has 0 bridgehead atoms. The number of aromatic nitrogens is 2. The summed E-state index contributed by atoms with van der Waals surface area (Å²) in [5.41, 5.74) is 2.24. The monoisotopic (exact) mass is 321 g/mol. The van der Waals surface area contributed by atoms with Crippen LogP contribution >= 0.6 is 27.3 Å². The molecule has 0 saturated carbocycles. The van der Waals surface area contributed by atoms with E-state index in [1.165, 1.54) is 15.6 Å². The van der Waals surface area contributed by atoms with Gasteiger partial charge in [-0.15, -0.1) is 11.3 Å². The smallest absolute Gasteiger partial charge is 0.164 e. The maximum atomic E-state index is 4.34. The molecule has 0 aliphatic rings. The van der Waals surface area contributed by atoms with E-state index in [1.807, 2.05) is 19.0 Å². The number of nitrogens with one attached hydrogen (secondary N) is 1. The number of thiophene rings is 1. The van der Waals surface area contributed by atoms with Crippen LogP contribution in [0, 0.1) is 0 Å². The predicted octanol–water partition coefficient (Wildman–Crippen LogP) is 4.12. The van der Waals surface area contributed by atoms with Crippen molar-refractivity contribution in [1.29, 1.82) is 0 Å². The van der Waals surface area contributed by atoms with Gasteiger partial charge in [-0.3, -0.25) is 5.10 Å². The first kappa shape index (κ1) is 11.7. The zero-order chi connectivity index (χ0) is 12.7. The maximum Gasteiger partial charge on any atom is 0.164 e. The molecule has 1 N–H and O–H groups in total. The molecular weight excluding hydrogens is 310 g/mol. The van der Waals surface area contributed by atoms with Gasteiger partial charge in [-0.2, -0.15) is 5.10 Å². The van der Waals surface area contributed by atoms with E-state index in [-0.39, 0.29) is 0 Å². The fourth-order valence-corrected chi connectivity index (χ4v) is 3.66. The number of nitrogens with zero attached hydrogens (tertiary/aromatic N) is 2. The lowest BCUT2D eigenvalue weighted by Crippen LogP contribution is -2.09. The van der Waals surface area contributed by atoms with Crippen LogP contribution in [-0.4, -0.2) is 24.3 Å². The third-order valence-electron chi connectivity index (χ3n) is 2.86. The van der Waals surface area contributed by atoms with Crippen molar-refractivity contribution in [3.05, 3.63) is 34.1 Å². The lowest BCUT2D eigenvalue weighted by atomic mass is 10.1. The molecular formula is C13H12BrN3S. The van der Waals surface area contributed by atoms with Gasteiger partial charge in [0.05, 0.1) is 10.2 Å². The molecule has 3 rings (SSSR count). The minimum Gasteiger partial charge on any atom is -0.360 e. The summed E-state index contributed by atoms with van der Waals surface area (Å²) < 4.78 is 2.30. The van der Waals surface area contributed by atoms with Crippen molar-refractivity contribution in [2.75, 3.05) is 19.0 Å². The SMILES string of the molecule is CN(C)c1n[nH]c(-c2csc3ccccc23)c1Br. The van der Waals surface area contributed by atoms with E-state index in [1.54, 1.807) is 11.3 Å². The van der Waals surface area contributed by atoms with Gasteiger partial charge in [-0.05, 0) is 22.0 Å². The van der Waals surface area contributed by atoms with Gasteiger partial charge in [0.1, 0.15) is 0 Å². The Hall–Kier alpha value is -1.33. The average molecular weight is 322 g/mol. The molecule has 0 amide bonds. The van der Waals surface area contributed by atoms with Crippen LogP contribution in [-0.2, 0) is 0 Å². The standard InChI is InChI=1S/C13H12BrN3S/c1-17(2)13-11(14)12(15-16-13)9-7-18-10-6-4-3-5-8(9)10/h3-7H,1-2H3,(H,15,16). The fourth-order valence-electron chi connectivity index (χ4n) is 1.97. The van der Waals surface area contributed by atoms with Gasteiger partial charge in [-0.25, -0.2) is 0 Å². The molecule has 0 aliphatic heterocycles. The van der Waals surface area contributed by atoms with Crippen LogP contribution in [0.3, 0.4) is 0 Å². The van der Waals surface area contributed by atoms with Gasteiger partial charge in [0.15, 0.2) is 5.82 Å². The minimum atomic E-state index is 0.917. The molecule has 3 nitrogen and oxygen atoms in total. The molecule has 0 aliphatic carbocycles. The normalized spacial score (nSPS) is 11.1. The highest BCUT2D eigenvalue weighted by molar-refractivity contribution is 9.10. The Labute approximate surface area is 118 Å². The van der Waals surface area contributed by atoms with Crippen LogP contribution in [0.5, 0.6) is 0 Å². The first-order valence-corrected chi connectivity index (χ1v) is 7.23. The average Bonchev–Trinajstić information content (AvgIpc) is 2.92. The number of hydrogen-bond donors (Lipinski definition) is 1. The third-order valence-corrected chi connectivity index (χ3v) is 4.58. The minimum absolute atomic E-state index is 0.917. The van der Waals surface area contributed by atoms with Gasteiger partial charge >= 0.3 is 0 Å². The summed E-state index contributed by atoms with van der Waals surface area (Å²) in [6.07, 6.45) is 0. The fraction of sp³-hybridized carbons (Fsp3) is 0.154. The quantitative estimate of drug-likeness (QED) is 0.770. The summed E-state index contributed by atoms with van der Waals surface area (Å²) in [5.74, 6) is 0.917. The summed E-state index contributed by atoms with van der Waals surface area (Å²) in [5, 5.41) is 10.9. The van der Waals surface area contributed by atoms with E-state index in [0.29, 0.717) is 0 Å². The van der Waals surface area contributed by atoms with Crippen LogP contribution in [0.2, 0.25) is 0 Å². The van der Waals surface area contributed by atoms with Gasteiger partial charge in [0, 0.05) is 35.1 Å². The molecule has 0 atom stereocenters. The molecule has 0 fully saturated rings. The molecule has 3 aromatic rings. The van der Waals surface area contributed by atoms with Crippen molar-refractivity contribution in [2.24, 2.45) is 0 Å². The topological polar surface area (TPSA) is 31.9 Å². The number of anilines is 1. The van der Waals surface area contributed by atoms with Crippen molar-refractivity contribution >= 4 is 43.2 Å². The number of fused-ring (bicyclic) bond motifs is 1. The van der Waals surface area contributed by atoms with Crippen molar-refractivity contribution in [1.82, 2.24) is 10.2 Å². The summed E-state index contributed by atoms with van der Waals surface area (Å²) >= 11 is 5.38. The second-order valence-electron chi connectivity index (χ2n) is 4.28. The summed E-state index contributed by atoms with van der Waals surface area (Å²) in [6.45, 7) is 0. The zero-order valence-corrected chi connectivity index (χ0v) is 12.5. The largest absolute Gasteiger partial charge is 0.360 e. The Morgan fingerprint density at radius 2 is 2.06 bits per heavy atom. The van der Waals surface area contributed by atoms with Gasteiger partial charge in [-0.1, -0.05) is 18.2 Å². The molecule has 0 saturated heterocycles. The van der Waals surface area contributed by atoms with E-state index < -0.39 is 0 Å². The second kappa shape index (κ2) is 4.40. The first-order valence-electron chi connectivity index (χ1n) is 5.56. The number of hydrogen-bond acceptors (Lipinski definition) is 3. The maximum absolute atomic E-state index is 4.34. The molecule has 0 radical (unpaired) electrons. The third kappa shape index (κ3) is 1.74. The zero-order valence-electron chi connectivity index (χ0n) is 10.1. The van der Waals surface area contributed by atoms with Crippen molar-refractivity contribution in [2.45, 2.75) is 0 Å². The number of halogens is 1. The van der Waals surface area contributed by atoms with E-state index in [9.17, 15) is 0 Å². The van der Waals surface area contributed by atoms with Gasteiger partial charge in [0.25, 0.3) is 0 Å². The highest BCUT2D eigenvalue weighted by Gasteiger charge is 2.16. The van der Waals surface area contributed by atoms with Gasteiger partial charge in [0.2, 0.25) is 0 Å². The van der Waals surface area contributed by atoms with Crippen LogP contribution < -0.4 is 4.90 Å².